The molecule has 51 heavy (non-hydrogen) atoms. The van der Waals surface area contributed by atoms with Crippen LogP contribution in [-0.4, -0.2) is 15.9 Å². The summed E-state index contributed by atoms with van der Waals surface area (Å²) in [4.78, 5) is 15.9. The number of nitrogens with zero attached hydrogens (tertiary/aromatic N) is 1. The summed E-state index contributed by atoms with van der Waals surface area (Å²) >= 11 is 0. The minimum absolute atomic E-state index is 0. The van der Waals surface area contributed by atoms with Crippen LogP contribution in [0.2, 0.25) is 0 Å². The normalized spacial score (nSPS) is 15.6. The largest absolute Gasteiger partial charge is 0.512 e. The van der Waals surface area contributed by atoms with Crippen molar-refractivity contribution in [2.75, 3.05) is 0 Å². The molecule has 4 nitrogen and oxygen atoms in total. The molecule has 0 atom stereocenters. The molecular formula is C46H52IrNO3-. The second-order valence-electron chi connectivity index (χ2n) is 17.1. The number of carbonyl (C=O) groups excluding carboxylic acids is 1. The van der Waals surface area contributed by atoms with Gasteiger partial charge in [-0.15, -0.1) is 29.1 Å². The van der Waals surface area contributed by atoms with Gasteiger partial charge in [0.15, 0.2) is 5.78 Å². The number of hydrogen-bond acceptors (Lipinski definition) is 4. The molecule has 1 aliphatic carbocycles. The Morgan fingerprint density at radius 2 is 1.43 bits per heavy atom. The molecule has 0 spiro atoms. The van der Waals surface area contributed by atoms with Crippen LogP contribution in [0.3, 0.4) is 0 Å². The summed E-state index contributed by atoms with van der Waals surface area (Å²) in [6, 6.07) is 25.8. The minimum atomic E-state index is -0.0316. The molecule has 4 aromatic carbocycles. The van der Waals surface area contributed by atoms with E-state index >= 15 is 0 Å². The minimum Gasteiger partial charge on any atom is -0.512 e. The number of carbonyl (C=O) groups is 1. The maximum absolute atomic E-state index is 11.0. The first-order chi connectivity index (χ1) is 23.4. The third-order valence-electron chi connectivity index (χ3n) is 10.6. The summed E-state index contributed by atoms with van der Waals surface area (Å²) in [5, 5.41) is 16.1. The van der Waals surface area contributed by atoms with Gasteiger partial charge in [0.2, 0.25) is 0 Å². The number of hydrogen-bond donors (Lipinski definition) is 1. The van der Waals surface area contributed by atoms with E-state index < -0.39 is 0 Å². The first-order valence-electron chi connectivity index (χ1n) is 18.1. The summed E-state index contributed by atoms with van der Waals surface area (Å²) in [5.41, 5.74) is 8.41. The van der Waals surface area contributed by atoms with Crippen molar-refractivity contribution in [1.82, 2.24) is 4.98 Å². The fourth-order valence-corrected chi connectivity index (χ4v) is 7.22. The van der Waals surface area contributed by atoms with E-state index in [2.05, 4.69) is 115 Å². The zero-order valence-corrected chi connectivity index (χ0v) is 34.4. The predicted octanol–water partition coefficient (Wildman–Crippen LogP) is 12.7. The number of aliphatic hydroxyl groups excluding tert-OH is 1. The molecule has 0 aliphatic heterocycles. The number of fused-ring (bicyclic) bond motifs is 7. The first-order valence-corrected chi connectivity index (χ1v) is 18.1. The van der Waals surface area contributed by atoms with Gasteiger partial charge in [0.25, 0.3) is 0 Å². The molecule has 7 rings (SSSR count). The van der Waals surface area contributed by atoms with Crippen molar-refractivity contribution < 1.29 is 34.4 Å². The molecule has 2 heterocycles. The maximum atomic E-state index is 11.0. The Hall–Kier alpha value is -3.79. The second kappa shape index (κ2) is 14.0. The van der Waals surface area contributed by atoms with E-state index in [-0.39, 0.29) is 59.7 Å². The van der Waals surface area contributed by atoms with Crippen molar-refractivity contribution >= 4 is 49.3 Å². The van der Waals surface area contributed by atoms with E-state index in [0.29, 0.717) is 0 Å². The molecule has 1 aliphatic rings. The smallest absolute Gasteiger partial charge is 0.161 e. The summed E-state index contributed by atoms with van der Waals surface area (Å²) in [7, 11) is 0. The third-order valence-corrected chi connectivity index (χ3v) is 10.6. The van der Waals surface area contributed by atoms with E-state index in [1.807, 2.05) is 33.9 Å². The second-order valence-corrected chi connectivity index (χ2v) is 17.1. The Labute approximate surface area is 317 Å². The van der Waals surface area contributed by atoms with Gasteiger partial charge in [-0.2, -0.15) is 0 Å². The fraction of sp³-hybridized carbons (Fsp3) is 0.391. The van der Waals surface area contributed by atoms with Gasteiger partial charge < -0.3 is 9.52 Å². The molecule has 0 bridgehead atoms. The molecule has 1 N–H and O–H groups in total. The number of benzene rings is 4. The van der Waals surface area contributed by atoms with Crippen LogP contribution in [-0.2, 0) is 41.1 Å². The Balaban J connectivity index is 0.000000367. The first kappa shape index (κ1) is 38.4. The molecule has 0 unspecified atom stereocenters. The molecule has 0 saturated heterocycles. The van der Waals surface area contributed by atoms with Crippen LogP contribution in [0.15, 0.2) is 83.1 Å². The molecule has 2 aromatic heterocycles. The van der Waals surface area contributed by atoms with Gasteiger partial charge in [-0.25, -0.2) is 0 Å². The van der Waals surface area contributed by atoms with Crippen molar-refractivity contribution in [1.29, 1.82) is 0 Å². The summed E-state index contributed by atoms with van der Waals surface area (Å²) in [5.74, 6) is 0.161. The monoisotopic (exact) mass is 859 g/mol. The number of aromatic nitrogens is 1. The van der Waals surface area contributed by atoms with Crippen molar-refractivity contribution in [3.8, 4) is 11.3 Å². The van der Waals surface area contributed by atoms with E-state index in [0.717, 1.165) is 38.6 Å². The molecule has 5 heteroatoms. The summed E-state index contributed by atoms with van der Waals surface area (Å²) in [6.07, 6.45) is 5.62. The number of pyridine rings is 1. The number of allylic oxidation sites excluding steroid dienone is 2. The molecule has 0 fully saturated rings. The van der Waals surface area contributed by atoms with Crippen LogP contribution < -0.4 is 0 Å². The van der Waals surface area contributed by atoms with Crippen LogP contribution in [0, 0.1) is 17.9 Å². The molecule has 0 amide bonds. The Kier molecular flexibility index (Phi) is 10.5. The summed E-state index contributed by atoms with van der Waals surface area (Å²) in [6.45, 7) is 23.6. The Morgan fingerprint density at radius 1 is 0.824 bits per heavy atom. The number of ketones is 1. The van der Waals surface area contributed by atoms with E-state index in [1.54, 1.807) is 0 Å². The average Bonchev–Trinajstić information content (AvgIpc) is 3.43. The van der Waals surface area contributed by atoms with Gasteiger partial charge in [0.05, 0.1) is 5.76 Å². The maximum Gasteiger partial charge on any atom is 0.161 e. The van der Waals surface area contributed by atoms with Crippen molar-refractivity contribution in [3.05, 3.63) is 101 Å². The zero-order valence-electron chi connectivity index (χ0n) is 32.0. The fourth-order valence-electron chi connectivity index (χ4n) is 7.22. The van der Waals surface area contributed by atoms with Gasteiger partial charge in [-0.05, 0) is 63.8 Å². The van der Waals surface area contributed by atoms with Crippen LogP contribution in [0.4, 0.5) is 0 Å². The molecule has 269 valence electrons. The zero-order chi connectivity index (χ0) is 36.3. The van der Waals surface area contributed by atoms with Crippen molar-refractivity contribution in [2.45, 2.75) is 105 Å². The standard InChI is InChI=1S/C37H36NO.C9H16O2.Ir/c1-35(2,3)29-19-23(18-22-10-8-9-11-24(22)29)33-25-12-13-26-28-20-30-31(37(6,7)16-15-36(30,4)5)21-32(28)39-34(26)27(25)14-17-38-33;1-6(2)8(10)5-9(11)7(3)4;/h8-14,17,19-21H,15-16H2,1-7H3;5-7,10H,1-4H3;/q-1;;/b;8-5-;. The number of aliphatic hydroxyl groups is 1. The van der Waals surface area contributed by atoms with Crippen molar-refractivity contribution in [3.63, 3.8) is 0 Å². The molecule has 0 saturated carbocycles. The Morgan fingerprint density at radius 3 is 2.06 bits per heavy atom. The topological polar surface area (TPSA) is 63.3 Å². The van der Waals surface area contributed by atoms with Crippen LogP contribution >= 0.6 is 0 Å². The van der Waals surface area contributed by atoms with E-state index in [4.69, 9.17) is 9.40 Å². The van der Waals surface area contributed by atoms with Gasteiger partial charge in [0, 0.05) is 66.1 Å². The van der Waals surface area contributed by atoms with Gasteiger partial charge in [-0.1, -0.05) is 117 Å². The number of rotatable bonds is 4. The predicted molar refractivity (Wildman–Crippen MR) is 210 cm³/mol. The third kappa shape index (κ3) is 7.30. The van der Waals surface area contributed by atoms with Crippen LogP contribution in [0.25, 0.3) is 54.7 Å². The van der Waals surface area contributed by atoms with Gasteiger partial charge in [0.1, 0.15) is 11.2 Å². The van der Waals surface area contributed by atoms with E-state index in [1.165, 1.54) is 51.8 Å². The quantitative estimate of drug-likeness (QED) is 0.109. The average molecular weight is 859 g/mol. The number of furan rings is 1. The summed E-state index contributed by atoms with van der Waals surface area (Å²) < 4.78 is 6.69. The van der Waals surface area contributed by atoms with Crippen LogP contribution in [0.1, 0.15) is 106 Å². The SMILES string of the molecule is CC(C)(C)c1cc(-c2nccc3c2ccc2c4cc5c(cc4oc32)C(C)(C)CCC5(C)C)[c-]c2ccccc12.CC(C)C(=O)/C=C(\O)C(C)C.[Ir]. The molecule has 1 radical (unpaired) electrons. The van der Waals surface area contributed by atoms with Gasteiger partial charge in [-0.3, -0.25) is 9.78 Å². The molecule has 6 aromatic rings. The Bertz CT molecular complexity index is 2300. The van der Waals surface area contributed by atoms with Gasteiger partial charge >= 0.3 is 0 Å². The van der Waals surface area contributed by atoms with E-state index in [9.17, 15) is 9.90 Å². The molecular weight excluding hydrogens is 807 g/mol. The van der Waals surface area contributed by atoms with Crippen LogP contribution in [0.5, 0.6) is 0 Å². The van der Waals surface area contributed by atoms with Crippen molar-refractivity contribution in [2.24, 2.45) is 11.8 Å².